The van der Waals surface area contributed by atoms with Crippen LogP contribution < -0.4 is 15.4 Å². The molecule has 0 aromatic heterocycles. The highest BCUT2D eigenvalue weighted by Gasteiger charge is 2.32. The van der Waals surface area contributed by atoms with Crippen molar-refractivity contribution in [3.63, 3.8) is 0 Å². The number of benzene rings is 1. The molecule has 29 heavy (non-hydrogen) atoms. The fraction of sp³-hybridized carbons (Fsp3) is 0.652. The van der Waals surface area contributed by atoms with Crippen molar-refractivity contribution >= 4 is 11.9 Å². The Labute approximate surface area is 175 Å². The van der Waals surface area contributed by atoms with E-state index < -0.39 is 0 Å². The van der Waals surface area contributed by atoms with Crippen molar-refractivity contribution in [2.24, 2.45) is 10.9 Å². The molecule has 1 aliphatic carbocycles. The molecule has 6 heteroatoms. The SMILES string of the molecule is CN=C(NCCCOc1c(C)cccc1C)NC1CCN(C(=O)C2CCCC2)C1. The summed E-state index contributed by atoms with van der Waals surface area (Å²) in [6, 6.07) is 6.49. The molecule has 1 aromatic rings. The predicted molar refractivity (Wildman–Crippen MR) is 117 cm³/mol. The lowest BCUT2D eigenvalue weighted by atomic mass is 10.1. The smallest absolute Gasteiger partial charge is 0.225 e. The Kier molecular flexibility index (Phi) is 7.78. The molecule has 160 valence electrons. The molecule has 1 atom stereocenters. The zero-order valence-electron chi connectivity index (χ0n) is 18.2. The van der Waals surface area contributed by atoms with Crippen molar-refractivity contribution in [3.8, 4) is 5.75 Å². The number of likely N-dealkylation sites (tertiary alicyclic amines) is 1. The number of rotatable bonds is 7. The fourth-order valence-electron chi connectivity index (χ4n) is 4.38. The van der Waals surface area contributed by atoms with Crippen LogP contribution in [0.3, 0.4) is 0 Å². The van der Waals surface area contributed by atoms with Gasteiger partial charge in [-0.3, -0.25) is 9.79 Å². The van der Waals surface area contributed by atoms with E-state index in [2.05, 4.69) is 47.7 Å². The standard InChI is InChI=1S/C23H36N4O2/c1-17-8-6-9-18(2)21(17)29-15-7-13-25-23(24-3)26-20-12-14-27(16-20)22(28)19-10-4-5-11-19/h6,8-9,19-20H,4-5,7,10-16H2,1-3H3,(H2,24,25,26). The van der Waals surface area contributed by atoms with Gasteiger partial charge in [0.2, 0.25) is 5.91 Å². The molecule has 2 N–H and O–H groups in total. The topological polar surface area (TPSA) is 66.0 Å². The third kappa shape index (κ3) is 5.87. The van der Waals surface area contributed by atoms with Crippen LogP contribution in [0, 0.1) is 19.8 Å². The summed E-state index contributed by atoms with van der Waals surface area (Å²) in [5.74, 6) is 2.42. The number of carbonyl (C=O) groups is 1. The summed E-state index contributed by atoms with van der Waals surface area (Å²) in [6.07, 6.45) is 6.42. The molecule has 1 aromatic carbocycles. The van der Waals surface area contributed by atoms with Crippen LogP contribution in [0.15, 0.2) is 23.2 Å². The van der Waals surface area contributed by atoms with Gasteiger partial charge in [-0.15, -0.1) is 0 Å². The number of para-hydroxylation sites is 1. The molecule has 1 unspecified atom stereocenters. The average molecular weight is 401 g/mol. The number of guanidine groups is 1. The van der Waals surface area contributed by atoms with E-state index in [0.717, 1.165) is 57.0 Å². The van der Waals surface area contributed by atoms with Crippen LogP contribution in [0.2, 0.25) is 0 Å². The zero-order chi connectivity index (χ0) is 20.6. The van der Waals surface area contributed by atoms with Gasteiger partial charge in [0.1, 0.15) is 5.75 Å². The van der Waals surface area contributed by atoms with Gasteiger partial charge < -0.3 is 20.3 Å². The van der Waals surface area contributed by atoms with Gasteiger partial charge in [0.15, 0.2) is 5.96 Å². The van der Waals surface area contributed by atoms with E-state index in [1.807, 2.05) is 4.90 Å². The van der Waals surface area contributed by atoms with Crippen LogP contribution in [0.4, 0.5) is 0 Å². The largest absolute Gasteiger partial charge is 0.493 e. The second-order valence-electron chi connectivity index (χ2n) is 8.32. The lowest BCUT2D eigenvalue weighted by Gasteiger charge is -2.21. The molecule has 1 saturated carbocycles. The summed E-state index contributed by atoms with van der Waals surface area (Å²) in [5.41, 5.74) is 2.35. The number of hydrogen-bond acceptors (Lipinski definition) is 3. The van der Waals surface area contributed by atoms with Crippen molar-refractivity contribution in [1.29, 1.82) is 0 Å². The predicted octanol–water partition coefficient (Wildman–Crippen LogP) is 3.03. The van der Waals surface area contributed by atoms with E-state index in [1.165, 1.54) is 24.0 Å². The minimum atomic E-state index is 0.267. The highest BCUT2D eigenvalue weighted by molar-refractivity contribution is 5.81. The number of aliphatic imine (C=N–C) groups is 1. The van der Waals surface area contributed by atoms with Crippen LogP contribution in [0.5, 0.6) is 5.75 Å². The molecule has 1 saturated heterocycles. The molecule has 0 radical (unpaired) electrons. The first-order valence-electron chi connectivity index (χ1n) is 11.0. The maximum absolute atomic E-state index is 12.6. The van der Waals surface area contributed by atoms with Gasteiger partial charge >= 0.3 is 0 Å². The summed E-state index contributed by atoms with van der Waals surface area (Å²) >= 11 is 0. The molecule has 0 bridgehead atoms. The van der Waals surface area contributed by atoms with Crippen molar-refractivity contribution in [1.82, 2.24) is 15.5 Å². The lowest BCUT2D eigenvalue weighted by Crippen LogP contribution is -2.45. The van der Waals surface area contributed by atoms with Gasteiger partial charge in [0, 0.05) is 38.6 Å². The monoisotopic (exact) mass is 400 g/mol. The van der Waals surface area contributed by atoms with Crippen LogP contribution in [0.25, 0.3) is 0 Å². The van der Waals surface area contributed by atoms with E-state index in [0.29, 0.717) is 12.5 Å². The minimum Gasteiger partial charge on any atom is -0.493 e. The molecule has 1 heterocycles. The second kappa shape index (κ2) is 10.5. The van der Waals surface area contributed by atoms with E-state index in [4.69, 9.17) is 4.74 Å². The second-order valence-corrected chi connectivity index (χ2v) is 8.32. The Morgan fingerprint density at radius 1 is 1.21 bits per heavy atom. The Morgan fingerprint density at radius 3 is 2.62 bits per heavy atom. The summed E-state index contributed by atoms with van der Waals surface area (Å²) in [7, 11) is 1.79. The third-order valence-electron chi connectivity index (χ3n) is 6.04. The minimum absolute atomic E-state index is 0.267. The Bertz CT molecular complexity index is 693. The quantitative estimate of drug-likeness (QED) is 0.419. The first-order chi connectivity index (χ1) is 14.1. The first-order valence-corrected chi connectivity index (χ1v) is 11.0. The molecule has 1 amide bonds. The van der Waals surface area contributed by atoms with Gasteiger partial charge in [-0.25, -0.2) is 0 Å². The molecular weight excluding hydrogens is 364 g/mol. The van der Waals surface area contributed by atoms with Crippen LogP contribution in [-0.4, -0.2) is 56.1 Å². The fourth-order valence-corrected chi connectivity index (χ4v) is 4.38. The number of nitrogens with zero attached hydrogens (tertiary/aromatic N) is 2. The van der Waals surface area contributed by atoms with Gasteiger partial charge in [-0.2, -0.15) is 0 Å². The normalized spacial score (nSPS) is 20.2. The van der Waals surface area contributed by atoms with Crippen molar-refractivity contribution in [3.05, 3.63) is 29.3 Å². The van der Waals surface area contributed by atoms with E-state index >= 15 is 0 Å². The van der Waals surface area contributed by atoms with Gasteiger partial charge in [0.05, 0.1) is 6.61 Å². The molecule has 6 nitrogen and oxygen atoms in total. The average Bonchev–Trinajstić information content (AvgIpc) is 3.40. The zero-order valence-corrected chi connectivity index (χ0v) is 18.2. The van der Waals surface area contributed by atoms with Gasteiger partial charge in [-0.1, -0.05) is 31.0 Å². The molecule has 2 aliphatic rings. The summed E-state index contributed by atoms with van der Waals surface area (Å²) < 4.78 is 5.96. The molecular formula is C23H36N4O2. The Hall–Kier alpha value is -2.24. The van der Waals surface area contributed by atoms with Gasteiger partial charge in [0.25, 0.3) is 0 Å². The van der Waals surface area contributed by atoms with Crippen LogP contribution in [0.1, 0.15) is 49.7 Å². The third-order valence-corrected chi connectivity index (χ3v) is 6.04. The summed E-state index contributed by atoms with van der Waals surface area (Å²) in [6.45, 7) is 7.26. The highest BCUT2D eigenvalue weighted by Crippen LogP contribution is 2.28. The number of carbonyl (C=O) groups excluding carboxylic acids is 1. The number of aryl methyl sites for hydroxylation is 2. The van der Waals surface area contributed by atoms with Gasteiger partial charge in [-0.05, 0) is 50.7 Å². The van der Waals surface area contributed by atoms with Crippen LogP contribution in [-0.2, 0) is 4.79 Å². The molecule has 1 aliphatic heterocycles. The summed E-state index contributed by atoms with van der Waals surface area (Å²) in [5, 5.41) is 6.84. The van der Waals surface area contributed by atoms with E-state index in [-0.39, 0.29) is 12.0 Å². The first kappa shape index (κ1) is 21.5. The lowest BCUT2D eigenvalue weighted by molar-refractivity contribution is -0.134. The number of nitrogens with one attached hydrogen (secondary N) is 2. The van der Waals surface area contributed by atoms with Crippen molar-refractivity contribution in [2.45, 2.75) is 58.4 Å². The summed E-state index contributed by atoms with van der Waals surface area (Å²) in [4.78, 5) is 19.0. The Morgan fingerprint density at radius 2 is 1.93 bits per heavy atom. The van der Waals surface area contributed by atoms with E-state index in [1.54, 1.807) is 7.05 Å². The van der Waals surface area contributed by atoms with Crippen molar-refractivity contribution < 1.29 is 9.53 Å². The molecule has 2 fully saturated rings. The van der Waals surface area contributed by atoms with E-state index in [9.17, 15) is 4.79 Å². The Balaban J connectivity index is 1.35. The number of amides is 1. The van der Waals surface area contributed by atoms with Crippen LogP contribution >= 0.6 is 0 Å². The number of ether oxygens (including phenoxy) is 1. The maximum atomic E-state index is 12.6. The maximum Gasteiger partial charge on any atom is 0.225 e. The highest BCUT2D eigenvalue weighted by atomic mass is 16.5. The molecule has 0 spiro atoms. The van der Waals surface area contributed by atoms with Crippen molar-refractivity contribution in [2.75, 3.05) is 33.3 Å². The molecule has 3 rings (SSSR count). The number of hydrogen-bond donors (Lipinski definition) is 2.